The van der Waals surface area contributed by atoms with E-state index in [0.717, 1.165) is 38.0 Å². The first-order chi connectivity index (χ1) is 14.4. The molecule has 1 aliphatic carbocycles. The van der Waals surface area contributed by atoms with Crippen molar-refractivity contribution in [1.29, 1.82) is 0 Å². The fourth-order valence-corrected chi connectivity index (χ4v) is 4.16. The molecule has 0 saturated heterocycles. The van der Waals surface area contributed by atoms with Gasteiger partial charge in [0.15, 0.2) is 0 Å². The van der Waals surface area contributed by atoms with Crippen LogP contribution in [0.5, 0.6) is 5.75 Å². The molecule has 0 saturated carbocycles. The van der Waals surface area contributed by atoms with Crippen LogP contribution in [0.4, 0.5) is 0 Å². The van der Waals surface area contributed by atoms with Crippen molar-refractivity contribution in [2.24, 2.45) is 10.9 Å². The summed E-state index contributed by atoms with van der Waals surface area (Å²) in [7, 11) is 7.85. The van der Waals surface area contributed by atoms with Gasteiger partial charge >= 0.3 is 0 Å². The van der Waals surface area contributed by atoms with E-state index < -0.39 is 0 Å². The average Bonchev–Trinajstić information content (AvgIpc) is 2.73. The lowest BCUT2D eigenvalue weighted by molar-refractivity contribution is 0.398. The highest BCUT2D eigenvalue weighted by atomic mass is 16.5. The van der Waals surface area contributed by atoms with E-state index in [1.54, 1.807) is 7.11 Å². The Labute approximate surface area is 184 Å². The summed E-state index contributed by atoms with van der Waals surface area (Å²) in [4.78, 5) is 6.52. The third-order valence-electron chi connectivity index (χ3n) is 5.92. The molecule has 2 unspecified atom stereocenters. The van der Waals surface area contributed by atoms with Gasteiger partial charge < -0.3 is 15.0 Å². The van der Waals surface area contributed by atoms with Crippen molar-refractivity contribution in [2.75, 3.05) is 34.8 Å². The van der Waals surface area contributed by atoms with Crippen molar-refractivity contribution in [1.82, 2.24) is 10.2 Å². The molecule has 166 valence electrons. The predicted octanol–water partition coefficient (Wildman–Crippen LogP) is 5.26. The molecule has 0 spiro atoms. The highest BCUT2D eigenvalue weighted by Gasteiger charge is 2.17. The van der Waals surface area contributed by atoms with Gasteiger partial charge in [-0.1, -0.05) is 25.5 Å². The minimum atomic E-state index is 0.468. The maximum absolute atomic E-state index is 5.28. The van der Waals surface area contributed by atoms with E-state index in [9.17, 15) is 0 Å². The number of rotatable bonds is 12. The number of nitrogens with one attached hydrogen (secondary N) is 1. The molecule has 0 fully saturated rings. The molecular formula is C26H41N3O. The fourth-order valence-electron chi connectivity index (χ4n) is 4.16. The van der Waals surface area contributed by atoms with E-state index in [-0.39, 0.29) is 0 Å². The predicted molar refractivity (Wildman–Crippen MR) is 130 cm³/mol. The Balaban J connectivity index is 1.97. The summed E-state index contributed by atoms with van der Waals surface area (Å²) in [5, 5.41) is 3.82. The van der Waals surface area contributed by atoms with Crippen molar-refractivity contribution in [2.45, 2.75) is 58.4 Å². The van der Waals surface area contributed by atoms with Crippen LogP contribution < -0.4 is 10.1 Å². The molecule has 1 aromatic carbocycles. The van der Waals surface area contributed by atoms with Gasteiger partial charge in [-0.25, -0.2) is 0 Å². The number of allylic oxidation sites excluding steroid dienone is 3. The number of hydrogen-bond donors (Lipinski definition) is 1. The number of methoxy groups -OCH3 is 1. The summed E-state index contributed by atoms with van der Waals surface area (Å²) >= 11 is 0. The van der Waals surface area contributed by atoms with E-state index in [1.165, 1.54) is 35.2 Å². The zero-order valence-electron chi connectivity index (χ0n) is 19.9. The standard InChI is InChI=1S/C26H41N3O/c1-7-21(17-22-8-12-26(30-6)13-9-22)16-20(2)28-25-11-10-24(19-27-3)23(18-25)14-15-29(4)5/h8-9,12-13,18-21,28H,7,10-11,14-17H2,1-6H3. The molecular weight excluding hydrogens is 370 g/mol. The number of benzene rings is 1. The number of ether oxygens (including phenoxy) is 1. The molecule has 2 atom stereocenters. The largest absolute Gasteiger partial charge is 0.497 e. The summed E-state index contributed by atoms with van der Waals surface area (Å²) in [5.74, 6) is 1.60. The lowest BCUT2D eigenvalue weighted by Crippen LogP contribution is -2.29. The minimum Gasteiger partial charge on any atom is -0.497 e. The molecule has 0 aliphatic heterocycles. The maximum atomic E-state index is 5.28. The van der Waals surface area contributed by atoms with Crippen LogP contribution in [0.2, 0.25) is 0 Å². The van der Waals surface area contributed by atoms with E-state index in [1.807, 2.05) is 13.3 Å². The highest BCUT2D eigenvalue weighted by Crippen LogP contribution is 2.26. The third-order valence-corrected chi connectivity index (χ3v) is 5.92. The van der Waals surface area contributed by atoms with Crippen LogP contribution in [0.1, 0.15) is 51.5 Å². The summed E-state index contributed by atoms with van der Waals surface area (Å²) in [6.07, 6.45) is 11.2. The Morgan fingerprint density at radius 3 is 2.53 bits per heavy atom. The monoisotopic (exact) mass is 411 g/mol. The Kier molecular flexibility index (Phi) is 10.2. The maximum Gasteiger partial charge on any atom is 0.118 e. The smallest absolute Gasteiger partial charge is 0.118 e. The zero-order valence-corrected chi connectivity index (χ0v) is 19.9. The van der Waals surface area contributed by atoms with Gasteiger partial charge in [0.25, 0.3) is 0 Å². The van der Waals surface area contributed by atoms with Crippen LogP contribution in [0.15, 0.2) is 52.2 Å². The quantitative estimate of drug-likeness (QED) is 0.477. The Morgan fingerprint density at radius 2 is 1.93 bits per heavy atom. The van der Waals surface area contributed by atoms with Crippen molar-refractivity contribution in [3.63, 3.8) is 0 Å². The normalized spacial score (nSPS) is 16.7. The molecule has 0 aromatic heterocycles. The van der Waals surface area contributed by atoms with Gasteiger partial charge in [0, 0.05) is 31.5 Å². The lowest BCUT2D eigenvalue weighted by atomic mass is 9.90. The van der Waals surface area contributed by atoms with Crippen LogP contribution in [-0.2, 0) is 6.42 Å². The first-order valence-electron chi connectivity index (χ1n) is 11.3. The molecule has 1 N–H and O–H groups in total. The first kappa shape index (κ1) is 24.2. The SMILES string of the molecule is CCC(Cc1ccc(OC)cc1)CC(C)NC1=CC(CCN(C)C)=C(C=NC)CC1. The molecule has 4 nitrogen and oxygen atoms in total. The molecule has 0 bridgehead atoms. The molecule has 0 amide bonds. The summed E-state index contributed by atoms with van der Waals surface area (Å²) in [6, 6.07) is 8.99. The minimum absolute atomic E-state index is 0.468. The second kappa shape index (κ2) is 12.6. The van der Waals surface area contributed by atoms with Gasteiger partial charge in [-0.2, -0.15) is 0 Å². The van der Waals surface area contributed by atoms with Gasteiger partial charge in [-0.05, 0) is 94.0 Å². The molecule has 4 heteroatoms. The van der Waals surface area contributed by atoms with E-state index in [2.05, 4.69) is 73.5 Å². The van der Waals surface area contributed by atoms with Gasteiger partial charge in [0.2, 0.25) is 0 Å². The Bertz CT molecular complexity index is 731. The van der Waals surface area contributed by atoms with Crippen LogP contribution >= 0.6 is 0 Å². The summed E-state index contributed by atoms with van der Waals surface area (Å²) in [6.45, 7) is 5.69. The zero-order chi connectivity index (χ0) is 21.9. The van der Waals surface area contributed by atoms with Gasteiger partial charge in [0.1, 0.15) is 5.75 Å². The molecule has 2 rings (SSSR count). The van der Waals surface area contributed by atoms with Gasteiger partial charge in [-0.3, -0.25) is 4.99 Å². The number of aliphatic imine (C=N–C) groups is 1. The lowest BCUT2D eigenvalue weighted by Gasteiger charge is -2.26. The summed E-state index contributed by atoms with van der Waals surface area (Å²) < 4.78 is 5.28. The van der Waals surface area contributed by atoms with Crippen molar-refractivity contribution >= 4 is 6.21 Å². The molecule has 30 heavy (non-hydrogen) atoms. The molecule has 1 aromatic rings. The van der Waals surface area contributed by atoms with Crippen LogP contribution in [-0.4, -0.2) is 52.0 Å². The number of nitrogens with zero attached hydrogens (tertiary/aromatic N) is 2. The second-order valence-corrected chi connectivity index (χ2v) is 8.77. The van der Waals surface area contributed by atoms with Gasteiger partial charge in [0.05, 0.1) is 7.11 Å². The van der Waals surface area contributed by atoms with Crippen LogP contribution in [0.3, 0.4) is 0 Å². The van der Waals surface area contributed by atoms with E-state index in [4.69, 9.17) is 4.74 Å². The highest BCUT2D eigenvalue weighted by molar-refractivity contribution is 5.81. The van der Waals surface area contributed by atoms with E-state index in [0.29, 0.717) is 12.0 Å². The number of hydrogen-bond acceptors (Lipinski definition) is 4. The Morgan fingerprint density at radius 1 is 1.20 bits per heavy atom. The van der Waals surface area contributed by atoms with E-state index >= 15 is 0 Å². The van der Waals surface area contributed by atoms with Gasteiger partial charge in [-0.15, -0.1) is 0 Å². The topological polar surface area (TPSA) is 36.9 Å². The van der Waals surface area contributed by atoms with Crippen LogP contribution in [0, 0.1) is 5.92 Å². The average molecular weight is 412 g/mol. The molecule has 0 radical (unpaired) electrons. The van der Waals surface area contributed by atoms with Crippen molar-refractivity contribution < 1.29 is 4.74 Å². The Hall–Kier alpha value is -2.07. The molecule has 0 heterocycles. The summed E-state index contributed by atoms with van der Waals surface area (Å²) in [5.41, 5.74) is 5.59. The fraction of sp³-hybridized carbons (Fsp3) is 0.577. The first-order valence-corrected chi connectivity index (χ1v) is 11.3. The van der Waals surface area contributed by atoms with Crippen molar-refractivity contribution in [3.8, 4) is 5.75 Å². The molecule has 1 aliphatic rings. The van der Waals surface area contributed by atoms with Crippen LogP contribution in [0.25, 0.3) is 0 Å². The van der Waals surface area contributed by atoms with Crippen molar-refractivity contribution in [3.05, 3.63) is 52.7 Å². The third kappa shape index (κ3) is 7.98. The second-order valence-electron chi connectivity index (χ2n) is 8.77.